The van der Waals surface area contributed by atoms with Crippen LogP contribution >= 0.6 is 11.8 Å². The lowest BCUT2D eigenvalue weighted by atomic mass is 10.2. The highest BCUT2D eigenvalue weighted by atomic mass is 32.2. The van der Waals surface area contributed by atoms with Crippen molar-refractivity contribution in [2.45, 2.75) is 4.90 Å². The van der Waals surface area contributed by atoms with Gasteiger partial charge in [0.1, 0.15) is 0 Å². The van der Waals surface area contributed by atoms with Crippen molar-refractivity contribution in [3.63, 3.8) is 0 Å². The van der Waals surface area contributed by atoms with Crippen LogP contribution in [-0.4, -0.2) is 21.6 Å². The van der Waals surface area contributed by atoms with Gasteiger partial charge < -0.3 is 15.3 Å². The first-order chi connectivity index (χ1) is 7.22. The molecule has 0 fully saturated rings. The van der Waals surface area contributed by atoms with Gasteiger partial charge in [-0.05, 0) is 12.1 Å². The van der Waals surface area contributed by atoms with E-state index in [2.05, 4.69) is 15.3 Å². The summed E-state index contributed by atoms with van der Waals surface area (Å²) in [6.07, 6.45) is 0. The van der Waals surface area contributed by atoms with Gasteiger partial charge in [-0.2, -0.15) is 0 Å². The van der Waals surface area contributed by atoms with Gasteiger partial charge in [-0.3, -0.25) is 4.79 Å². The molecule has 0 saturated carbocycles. The number of benzene rings is 1. The van der Waals surface area contributed by atoms with Crippen molar-refractivity contribution in [1.29, 1.82) is 0 Å². The molecule has 0 spiro atoms. The maximum absolute atomic E-state index is 11.2. The zero-order chi connectivity index (χ0) is 10.4. The SMILES string of the molecule is O=C1CSc2cc3[nH]c(=O)[nH]c3cc2N1. The maximum atomic E-state index is 11.2. The minimum absolute atomic E-state index is 0.00951. The quantitative estimate of drug-likeness (QED) is 0.618. The number of fused-ring (bicyclic) bond motifs is 2. The van der Waals surface area contributed by atoms with Crippen LogP contribution in [0.25, 0.3) is 11.0 Å². The number of hydrogen-bond donors (Lipinski definition) is 3. The van der Waals surface area contributed by atoms with Crippen molar-refractivity contribution in [3.05, 3.63) is 22.6 Å². The average molecular weight is 221 g/mol. The Hall–Kier alpha value is -1.69. The molecule has 2 aromatic rings. The summed E-state index contributed by atoms with van der Waals surface area (Å²) in [4.78, 5) is 28.5. The van der Waals surface area contributed by atoms with Crippen LogP contribution in [0.4, 0.5) is 5.69 Å². The molecule has 3 rings (SSSR count). The first-order valence-electron chi connectivity index (χ1n) is 4.41. The Kier molecular flexibility index (Phi) is 1.66. The zero-order valence-corrected chi connectivity index (χ0v) is 8.40. The Morgan fingerprint density at radius 1 is 1.13 bits per heavy atom. The van der Waals surface area contributed by atoms with Crippen molar-refractivity contribution in [3.8, 4) is 0 Å². The number of anilines is 1. The topological polar surface area (TPSA) is 77.8 Å². The predicted octanol–water partition coefficient (Wildman–Crippen LogP) is 0.900. The third kappa shape index (κ3) is 1.33. The molecule has 6 heteroatoms. The third-order valence-electron chi connectivity index (χ3n) is 2.25. The van der Waals surface area contributed by atoms with Crippen molar-refractivity contribution in [1.82, 2.24) is 9.97 Å². The Bertz CT molecular complexity index is 613. The molecule has 0 saturated heterocycles. The molecule has 1 aliphatic heterocycles. The second-order valence-electron chi connectivity index (χ2n) is 3.31. The number of thioether (sulfide) groups is 1. The fourth-order valence-electron chi connectivity index (χ4n) is 1.61. The summed E-state index contributed by atoms with van der Waals surface area (Å²) >= 11 is 1.47. The number of nitrogens with one attached hydrogen (secondary N) is 3. The molecule has 0 aliphatic carbocycles. The molecule has 76 valence electrons. The number of carbonyl (C=O) groups is 1. The van der Waals surface area contributed by atoms with Crippen LogP contribution in [0.3, 0.4) is 0 Å². The highest BCUT2D eigenvalue weighted by Gasteiger charge is 2.16. The molecule has 15 heavy (non-hydrogen) atoms. The van der Waals surface area contributed by atoms with Crippen LogP contribution in [0.1, 0.15) is 0 Å². The van der Waals surface area contributed by atoms with E-state index in [9.17, 15) is 9.59 Å². The van der Waals surface area contributed by atoms with E-state index in [4.69, 9.17) is 0 Å². The standard InChI is InChI=1S/C9H7N3O2S/c13-8-3-15-7-2-5-4(1-6(7)10-8)11-9(14)12-5/h1-2H,3H2,(H,10,13)(H2,11,12,14). The van der Waals surface area contributed by atoms with Gasteiger partial charge in [-0.1, -0.05) is 0 Å². The van der Waals surface area contributed by atoms with Gasteiger partial charge in [0, 0.05) is 4.90 Å². The molecular weight excluding hydrogens is 214 g/mol. The molecule has 0 unspecified atom stereocenters. The van der Waals surface area contributed by atoms with Crippen molar-refractivity contribution in [2.24, 2.45) is 0 Å². The Labute approximate surface area is 88.3 Å². The number of carbonyl (C=O) groups excluding carboxylic acids is 1. The lowest BCUT2D eigenvalue weighted by molar-refractivity contribution is -0.113. The van der Waals surface area contributed by atoms with E-state index in [1.807, 2.05) is 6.07 Å². The van der Waals surface area contributed by atoms with Gasteiger partial charge in [-0.25, -0.2) is 4.79 Å². The summed E-state index contributed by atoms with van der Waals surface area (Å²) in [6, 6.07) is 3.64. The van der Waals surface area contributed by atoms with E-state index in [1.165, 1.54) is 11.8 Å². The molecule has 1 aliphatic rings. The Morgan fingerprint density at radius 3 is 2.67 bits per heavy atom. The normalized spacial score (nSPS) is 15.1. The number of hydrogen-bond acceptors (Lipinski definition) is 3. The molecule has 1 aromatic heterocycles. The van der Waals surface area contributed by atoms with Gasteiger partial charge in [-0.15, -0.1) is 11.8 Å². The fourth-order valence-corrected chi connectivity index (χ4v) is 2.43. The number of rotatable bonds is 0. The molecule has 0 atom stereocenters. The van der Waals surface area contributed by atoms with Gasteiger partial charge in [0.05, 0.1) is 22.5 Å². The number of aromatic nitrogens is 2. The number of H-pyrrole nitrogens is 2. The van der Waals surface area contributed by atoms with Crippen molar-refractivity contribution in [2.75, 3.05) is 11.1 Å². The average Bonchev–Trinajstić information content (AvgIpc) is 2.53. The van der Waals surface area contributed by atoms with E-state index < -0.39 is 0 Å². The van der Waals surface area contributed by atoms with E-state index in [0.29, 0.717) is 11.3 Å². The van der Waals surface area contributed by atoms with Crippen LogP contribution < -0.4 is 11.0 Å². The van der Waals surface area contributed by atoms with E-state index in [0.717, 1.165) is 16.1 Å². The lowest BCUT2D eigenvalue weighted by Gasteiger charge is -2.15. The highest BCUT2D eigenvalue weighted by molar-refractivity contribution is 8.00. The lowest BCUT2D eigenvalue weighted by Crippen LogP contribution is -2.18. The van der Waals surface area contributed by atoms with Crippen molar-refractivity contribution >= 4 is 34.4 Å². The first-order valence-corrected chi connectivity index (χ1v) is 5.39. The Balaban J connectivity index is 2.27. The largest absolute Gasteiger partial charge is 0.324 e. The van der Waals surface area contributed by atoms with E-state index in [1.54, 1.807) is 6.07 Å². The molecular formula is C9H7N3O2S. The van der Waals surface area contributed by atoms with Gasteiger partial charge in [0.25, 0.3) is 0 Å². The zero-order valence-electron chi connectivity index (χ0n) is 7.59. The maximum Gasteiger partial charge on any atom is 0.323 e. The minimum atomic E-state index is -0.233. The van der Waals surface area contributed by atoms with E-state index >= 15 is 0 Å². The molecule has 2 heterocycles. The van der Waals surface area contributed by atoms with Gasteiger partial charge in [0.2, 0.25) is 5.91 Å². The van der Waals surface area contributed by atoms with Crippen LogP contribution in [0.5, 0.6) is 0 Å². The molecule has 3 N–H and O–H groups in total. The summed E-state index contributed by atoms with van der Waals surface area (Å²) < 4.78 is 0. The second-order valence-corrected chi connectivity index (χ2v) is 4.33. The van der Waals surface area contributed by atoms with Gasteiger partial charge >= 0.3 is 5.69 Å². The molecule has 1 amide bonds. The molecule has 5 nitrogen and oxygen atoms in total. The van der Waals surface area contributed by atoms with Crippen LogP contribution in [0, 0.1) is 0 Å². The first kappa shape index (κ1) is 8.60. The summed E-state index contributed by atoms with van der Waals surface area (Å²) in [5.41, 5.74) is 2.01. The second kappa shape index (κ2) is 2.90. The van der Waals surface area contributed by atoms with Crippen LogP contribution in [0.2, 0.25) is 0 Å². The molecule has 0 bridgehead atoms. The number of amides is 1. The monoisotopic (exact) mass is 221 g/mol. The van der Waals surface area contributed by atoms with Crippen LogP contribution in [-0.2, 0) is 4.79 Å². The molecule has 1 aromatic carbocycles. The van der Waals surface area contributed by atoms with Gasteiger partial charge in [0.15, 0.2) is 0 Å². The van der Waals surface area contributed by atoms with E-state index in [-0.39, 0.29) is 11.6 Å². The number of imidazole rings is 1. The highest BCUT2D eigenvalue weighted by Crippen LogP contribution is 2.33. The summed E-state index contributed by atoms with van der Waals surface area (Å²) in [5, 5.41) is 2.77. The third-order valence-corrected chi connectivity index (χ3v) is 3.30. The smallest absolute Gasteiger partial charge is 0.323 e. The Morgan fingerprint density at radius 2 is 1.87 bits per heavy atom. The summed E-state index contributed by atoms with van der Waals surface area (Å²) in [7, 11) is 0. The minimum Gasteiger partial charge on any atom is -0.324 e. The summed E-state index contributed by atoms with van der Waals surface area (Å²) in [5.74, 6) is 0.414. The fraction of sp³-hybridized carbons (Fsp3) is 0.111. The summed E-state index contributed by atoms with van der Waals surface area (Å²) in [6.45, 7) is 0. The predicted molar refractivity (Wildman–Crippen MR) is 58.3 cm³/mol. The molecule has 0 radical (unpaired) electrons. The van der Waals surface area contributed by atoms with Crippen molar-refractivity contribution < 1.29 is 4.79 Å². The van der Waals surface area contributed by atoms with Crippen LogP contribution in [0.15, 0.2) is 21.8 Å². The number of aromatic amines is 2.